The number of para-hydroxylation sites is 1. The molecule has 2 aromatic carbocycles. The third-order valence-corrected chi connectivity index (χ3v) is 3.04. The molecule has 0 spiro atoms. The molecule has 0 heterocycles. The zero-order chi connectivity index (χ0) is 16.4. The maximum absolute atomic E-state index is 13.8. The van der Waals surface area contributed by atoms with E-state index >= 15 is 0 Å². The highest BCUT2D eigenvalue weighted by molar-refractivity contribution is 5.46. The van der Waals surface area contributed by atoms with Crippen molar-refractivity contribution in [2.24, 2.45) is 0 Å². The van der Waals surface area contributed by atoms with Gasteiger partial charge < -0.3 is 5.32 Å². The Morgan fingerprint density at radius 2 is 1.32 bits per heavy atom. The number of halogens is 6. The van der Waals surface area contributed by atoms with Crippen molar-refractivity contribution in [2.45, 2.75) is 18.1 Å². The third-order valence-electron chi connectivity index (χ3n) is 3.04. The Morgan fingerprint density at radius 1 is 0.773 bits per heavy atom. The van der Waals surface area contributed by atoms with E-state index in [9.17, 15) is 26.3 Å². The molecule has 22 heavy (non-hydrogen) atoms. The number of rotatable bonds is 4. The summed E-state index contributed by atoms with van der Waals surface area (Å²) in [6, 6.07) is 8.72. The Balaban J connectivity index is 2.48. The van der Waals surface area contributed by atoms with E-state index in [-0.39, 0.29) is 5.69 Å². The second-order valence-corrected chi connectivity index (χ2v) is 4.59. The van der Waals surface area contributed by atoms with E-state index in [1.54, 1.807) is 6.07 Å². The van der Waals surface area contributed by atoms with Crippen molar-refractivity contribution in [3.05, 3.63) is 66.0 Å². The number of anilines is 1. The quantitative estimate of drug-likeness (QED) is 0.766. The molecule has 1 unspecified atom stereocenters. The average molecular weight is 319 g/mol. The van der Waals surface area contributed by atoms with Crippen molar-refractivity contribution in [2.75, 3.05) is 5.32 Å². The smallest absolute Gasteiger partial charge is 0.372 e. The Morgan fingerprint density at radius 3 is 1.86 bits per heavy atom. The molecule has 0 saturated carbocycles. The molecule has 1 N–H and O–H groups in total. The van der Waals surface area contributed by atoms with E-state index in [0.717, 1.165) is 12.1 Å². The molecule has 0 aromatic heterocycles. The topological polar surface area (TPSA) is 12.0 Å². The van der Waals surface area contributed by atoms with E-state index in [1.807, 2.05) is 0 Å². The maximum atomic E-state index is 13.8. The van der Waals surface area contributed by atoms with Gasteiger partial charge in [0.05, 0.1) is 0 Å². The Hall–Kier alpha value is -2.18. The molecule has 0 radical (unpaired) electrons. The lowest BCUT2D eigenvalue weighted by atomic mass is 9.99. The summed E-state index contributed by atoms with van der Waals surface area (Å²) in [4.78, 5) is 0. The first-order valence-electron chi connectivity index (χ1n) is 6.24. The van der Waals surface area contributed by atoms with Gasteiger partial charge in [0.25, 0.3) is 0 Å². The molecule has 1 nitrogen and oxygen atoms in total. The number of hydrogen-bond donors (Lipinski definition) is 1. The highest BCUT2D eigenvalue weighted by Crippen LogP contribution is 2.46. The van der Waals surface area contributed by atoms with Gasteiger partial charge in [0.15, 0.2) is 0 Å². The van der Waals surface area contributed by atoms with Crippen LogP contribution in [0.3, 0.4) is 0 Å². The predicted octanol–water partition coefficient (Wildman–Crippen LogP) is 5.18. The summed E-state index contributed by atoms with van der Waals surface area (Å²) < 4.78 is 79.4. The summed E-state index contributed by atoms with van der Waals surface area (Å²) in [5, 5.41) is 2.07. The molecule has 0 amide bonds. The van der Waals surface area contributed by atoms with Crippen LogP contribution >= 0.6 is 0 Å². The molecule has 0 bridgehead atoms. The fourth-order valence-electron chi connectivity index (χ4n) is 1.94. The minimum atomic E-state index is -5.82. The van der Waals surface area contributed by atoms with Crippen LogP contribution in [0.25, 0.3) is 0 Å². The van der Waals surface area contributed by atoms with Crippen molar-refractivity contribution in [1.82, 2.24) is 0 Å². The molecule has 0 aliphatic heterocycles. The van der Waals surface area contributed by atoms with Crippen LogP contribution in [-0.2, 0) is 0 Å². The van der Waals surface area contributed by atoms with Crippen LogP contribution in [0.1, 0.15) is 11.6 Å². The minimum absolute atomic E-state index is 0.0275. The largest absolute Gasteiger partial charge is 0.455 e. The molecule has 118 valence electrons. The molecule has 2 aromatic rings. The summed E-state index contributed by atoms with van der Waals surface area (Å²) in [5.74, 6) is -6.29. The molecular formula is C15H11F6N. The first-order chi connectivity index (χ1) is 10.2. The van der Waals surface area contributed by atoms with E-state index in [1.165, 1.54) is 36.4 Å². The van der Waals surface area contributed by atoms with Crippen LogP contribution in [0, 0.1) is 5.82 Å². The highest BCUT2D eigenvalue weighted by Gasteiger charge is 2.63. The second-order valence-electron chi connectivity index (χ2n) is 4.59. The summed E-state index contributed by atoms with van der Waals surface area (Å²) in [6.07, 6.45) is -5.82. The van der Waals surface area contributed by atoms with Crippen LogP contribution in [0.4, 0.5) is 32.0 Å². The fraction of sp³-hybridized carbons (Fsp3) is 0.200. The van der Waals surface area contributed by atoms with Gasteiger partial charge in [-0.1, -0.05) is 36.4 Å². The van der Waals surface area contributed by atoms with Gasteiger partial charge in [-0.3, -0.25) is 0 Å². The molecule has 7 heteroatoms. The SMILES string of the molecule is Fc1ccccc1C(Nc1ccccc1)C(F)(F)C(F)(F)F. The monoisotopic (exact) mass is 319 g/mol. The van der Waals surface area contributed by atoms with Gasteiger partial charge in [0, 0.05) is 11.3 Å². The summed E-state index contributed by atoms with van der Waals surface area (Å²) in [7, 11) is 0. The van der Waals surface area contributed by atoms with Crippen molar-refractivity contribution in [1.29, 1.82) is 0 Å². The Kier molecular flexibility index (Phi) is 4.35. The molecular weight excluding hydrogens is 308 g/mol. The molecule has 0 fully saturated rings. The van der Waals surface area contributed by atoms with Gasteiger partial charge in [-0.05, 0) is 18.2 Å². The molecule has 2 rings (SSSR count). The van der Waals surface area contributed by atoms with Gasteiger partial charge >= 0.3 is 12.1 Å². The third kappa shape index (κ3) is 3.18. The lowest BCUT2D eigenvalue weighted by Crippen LogP contribution is -2.45. The molecule has 0 aliphatic rings. The van der Waals surface area contributed by atoms with E-state index < -0.39 is 29.5 Å². The van der Waals surface area contributed by atoms with Gasteiger partial charge in [-0.15, -0.1) is 0 Å². The van der Waals surface area contributed by atoms with Crippen LogP contribution in [0.5, 0.6) is 0 Å². The van der Waals surface area contributed by atoms with Crippen LogP contribution in [0.15, 0.2) is 54.6 Å². The van der Waals surface area contributed by atoms with Gasteiger partial charge in [-0.2, -0.15) is 22.0 Å². The number of nitrogens with one attached hydrogen (secondary N) is 1. The first-order valence-corrected chi connectivity index (χ1v) is 6.24. The lowest BCUT2D eigenvalue weighted by molar-refractivity contribution is -0.288. The van der Waals surface area contributed by atoms with Crippen LogP contribution in [0.2, 0.25) is 0 Å². The van der Waals surface area contributed by atoms with Gasteiger partial charge in [0.1, 0.15) is 11.9 Å². The van der Waals surface area contributed by atoms with Crippen molar-refractivity contribution >= 4 is 5.69 Å². The zero-order valence-corrected chi connectivity index (χ0v) is 11.0. The van der Waals surface area contributed by atoms with E-state index in [2.05, 4.69) is 5.32 Å². The Bertz CT molecular complexity index is 623. The predicted molar refractivity (Wildman–Crippen MR) is 70.2 cm³/mol. The van der Waals surface area contributed by atoms with Gasteiger partial charge in [-0.25, -0.2) is 4.39 Å². The molecule has 0 saturated heterocycles. The van der Waals surface area contributed by atoms with Crippen molar-refractivity contribution in [3.8, 4) is 0 Å². The summed E-state index contributed by atoms with van der Waals surface area (Å²) >= 11 is 0. The summed E-state index contributed by atoms with van der Waals surface area (Å²) in [5.41, 5.74) is -0.728. The first kappa shape index (κ1) is 16.2. The minimum Gasteiger partial charge on any atom is -0.372 e. The maximum Gasteiger partial charge on any atom is 0.455 e. The Labute approximate surface area is 122 Å². The zero-order valence-electron chi connectivity index (χ0n) is 11.0. The number of hydrogen-bond acceptors (Lipinski definition) is 1. The lowest BCUT2D eigenvalue weighted by Gasteiger charge is -2.30. The second kappa shape index (κ2) is 5.90. The number of alkyl halides is 5. The van der Waals surface area contributed by atoms with Crippen molar-refractivity contribution < 1.29 is 26.3 Å². The molecule has 0 aliphatic carbocycles. The van der Waals surface area contributed by atoms with Crippen LogP contribution in [-0.4, -0.2) is 12.1 Å². The van der Waals surface area contributed by atoms with Crippen molar-refractivity contribution in [3.63, 3.8) is 0 Å². The normalized spacial score (nSPS) is 13.7. The number of benzene rings is 2. The van der Waals surface area contributed by atoms with E-state index in [0.29, 0.717) is 0 Å². The highest BCUT2D eigenvalue weighted by atomic mass is 19.4. The van der Waals surface area contributed by atoms with Crippen LogP contribution < -0.4 is 5.32 Å². The average Bonchev–Trinajstić information content (AvgIpc) is 2.45. The molecule has 1 atom stereocenters. The van der Waals surface area contributed by atoms with E-state index in [4.69, 9.17) is 0 Å². The van der Waals surface area contributed by atoms with Gasteiger partial charge in [0.2, 0.25) is 0 Å². The standard InChI is InChI=1S/C15H11F6N/c16-12-9-5-4-8-11(12)13(14(17,18)15(19,20)21)22-10-6-2-1-3-7-10/h1-9,13,22H. The summed E-state index contributed by atoms with van der Waals surface area (Å²) in [6.45, 7) is 0. The fourth-order valence-corrected chi connectivity index (χ4v) is 1.94.